The van der Waals surface area contributed by atoms with Crippen molar-refractivity contribution < 1.29 is 19.4 Å². The van der Waals surface area contributed by atoms with E-state index in [-0.39, 0.29) is 24.3 Å². The van der Waals surface area contributed by atoms with E-state index in [0.29, 0.717) is 22.8 Å². The zero-order valence-corrected chi connectivity index (χ0v) is 23.0. The zero-order valence-electron chi connectivity index (χ0n) is 23.0. The Kier molecular flexibility index (Phi) is 9.89. The summed E-state index contributed by atoms with van der Waals surface area (Å²) in [6.07, 6.45) is 3.04. The smallest absolute Gasteiger partial charge is 0.350 e. The van der Waals surface area contributed by atoms with Gasteiger partial charge in [-0.15, -0.1) is 9.78 Å². The van der Waals surface area contributed by atoms with Crippen molar-refractivity contribution in [1.29, 1.82) is 5.41 Å². The molecule has 4 aromatic rings. The van der Waals surface area contributed by atoms with E-state index in [2.05, 4.69) is 25.4 Å². The normalized spacial score (nSPS) is 11.0. The minimum absolute atomic E-state index is 0.0400. The Morgan fingerprint density at radius 2 is 1.80 bits per heavy atom. The minimum Gasteiger partial charge on any atom is -0.484 e. The molecule has 14 heteroatoms. The number of amides is 1. The number of nitrogens with one attached hydrogen (secondary N) is 3. The molecule has 0 aliphatic rings. The Bertz CT molecular complexity index is 1560. The fourth-order valence-electron chi connectivity index (χ4n) is 3.53. The van der Waals surface area contributed by atoms with Gasteiger partial charge in [-0.2, -0.15) is 0 Å². The van der Waals surface area contributed by atoms with Crippen molar-refractivity contribution >= 4 is 23.4 Å². The van der Waals surface area contributed by atoms with Crippen LogP contribution in [0.5, 0.6) is 5.75 Å². The van der Waals surface area contributed by atoms with Gasteiger partial charge in [-0.25, -0.2) is 14.8 Å². The molecule has 14 nitrogen and oxygen atoms in total. The summed E-state index contributed by atoms with van der Waals surface area (Å²) in [6.45, 7) is 2.87. The number of H-pyrrole nitrogens is 1. The minimum atomic E-state index is -0.833. The third kappa shape index (κ3) is 8.48. The molecule has 1 amide bonds. The number of carboxylic acid groups (broad SMARTS) is 1. The van der Waals surface area contributed by atoms with Crippen molar-refractivity contribution in [2.24, 2.45) is 5.73 Å². The number of aryl methyl sites for hydroxylation is 1. The standard InChI is InChI=1S/C25H27N9O3.C2H4O2/c1-15-11-17(13-19(12-15)37-14-20(35)33(2)3)21(30-18-7-5-16(6-8-18)22(26)27)23-31-25(36)34(32-23)24-28-9-4-10-29-24;1-2(3)4/h4-13,21,30H,14H2,1-3H3,(H3,26,27)(H,31,32,36);1H3,(H,3,4)/t21-;/m0./s1. The molecule has 4 rings (SSSR count). The molecule has 0 bridgehead atoms. The van der Waals surface area contributed by atoms with E-state index in [9.17, 15) is 9.59 Å². The predicted molar refractivity (Wildman–Crippen MR) is 151 cm³/mol. The summed E-state index contributed by atoms with van der Waals surface area (Å²) in [7, 11) is 3.32. The molecule has 2 aromatic heterocycles. The number of aromatic nitrogens is 5. The molecule has 1 atom stereocenters. The molecule has 0 saturated carbocycles. The third-order valence-corrected chi connectivity index (χ3v) is 5.42. The van der Waals surface area contributed by atoms with Crippen LogP contribution in [0.25, 0.3) is 5.95 Å². The second-order valence-corrected chi connectivity index (χ2v) is 9.02. The van der Waals surface area contributed by atoms with Gasteiger partial charge in [0.2, 0.25) is 0 Å². The summed E-state index contributed by atoms with van der Waals surface area (Å²) < 4.78 is 6.84. The largest absolute Gasteiger partial charge is 0.484 e. The van der Waals surface area contributed by atoms with Crippen LogP contribution in [0, 0.1) is 12.3 Å². The highest BCUT2D eigenvalue weighted by Crippen LogP contribution is 2.28. The van der Waals surface area contributed by atoms with Crippen molar-refractivity contribution in [3.8, 4) is 11.7 Å². The van der Waals surface area contributed by atoms with Crippen LogP contribution in [-0.4, -0.2) is 73.2 Å². The average Bonchev–Trinajstić information content (AvgIpc) is 3.31. The maximum absolute atomic E-state index is 12.8. The molecule has 0 radical (unpaired) electrons. The average molecular weight is 562 g/mol. The van der Waals surface area contributed by atoms with E-state index in [0.717, 1.165) is 22.7 Å². The van der Waals surface area contributed by atoms with Gasteiger partial charge in [0.25, 0.3) is 17.8 Å². The summed E-state index contributed by atoms with van der Waals surface area (Å²) in [5, 5.41) is 22.9. The Morgan fingerprint density at radius 3 is 2.39 bits per heavy atom. The molecule has 6 N–H and O–H groups in total. The number of carboxylic acids is 1. The van der Waals surface area contributed by atoms with Gasteiger partial charge in [0.1, 0.15) is 17.6 Å². The van der Waals surface area contributed by atoms with Crippen LogP contribution >= 0.6 is 0 Å². The lowest BCUT2D eigenvalue weighted by Crippen LogP contribution is -2.27. The Hall–Kier alpha value is -5.53. The second kappa shape index (κ2) is 13.5. The third-order valence-electron chi connectivity index (χ3n) is 5.42. The number of aromatic amines is 1. The first-order chi connectivity index (χ1) is 19.4. The van der Waals surface area contributed by atoms with Crippen molar-refractivity contribution in [3.63, 3.8) is 0 Å². The van der Waals surface area contributed by atoms with E-state index in [1.165, 1.54) is 17.3 Å². The lowest BCUT2D eigenvalue weighted by Gasteiger charge is -2.20. The lowest BCUT2D eigenvalue weighted by atomic mass is 10.0. The van der Waals surface area contributed by atoms with Crippen LogP contribution in [-0.2, 0) is 9.59 Å². The number of amidine groups is 1. The second-order valence-electron chi connectivity index (χ2n) is 9.02. The number of hydrogen-bond donors (Lipinski definition) is 5. The van der Waals surface area contributed by atoms with Crippen LogP contribution < -0.4 is 21.5 Å². The first kappa shape index (κ1) is 30.0. The van der Waals surface area contributed by atoms with Gasteiger partial charge in [0.15, 0.2) is 12.4 Å². The summed E-state index contributed by atoms with van der Waals surface area (Å²) in [4.78, 5) is 46.3. The monoisotopic (exact) mass is 561 g/mol. The molecular weight excluding hydrogens is 530 g/mol. The number of carbonyl (C=O) groups excluding carboxylic acids is 1. The maximum atomic E-state index is 12.8. The van der Waals surface area contributed by atoms with Gasteiger partial charge in [-0.05, 0) is 60.5 Å². The van der Waals surface area contributed by atoms with Crippen molar-refractivity contribution in [2.45, 2.75) is 19.9 Å². The van der Waals surface area contributed by atoms with Gasteiger partial charge < -0.3 is 25.8 Å². The molecular formula is C27H31N9O5. The van der Waals surface area contributed by atoms with E-state index in [1.54, 1.807) is 50.5 Å². The van der Waals surface area contributed by atoms with Crippen molar-refractivity contribution in [2.75, 3.05) is 26.0 Å². The van der Waals surface area contributed by atoms with Gasteiger partial charge in [-0.3, -0.25) is 20.0 Å². The molecule has 2 aromatic carbocycles. The summed E-state index contributed by atoms with van der Waals surface area (Å²) in [5.41, 5.74) is 7.98. The van der Waals surface area contributed by atoms with E-state index < -0.39 is 17.7 Å². The SMILES string of the molecule is CC(=O)O.Cc1cc(OCC(=O)N(C)C)cc([C@H](Nc2ccc(C(=N)N)cc2)c2nn(-c3ncccn3)c(=O)[nH]2)c1. The van der Waals surface area contributed by atoms with Gasteiger partial charge in [0, 0.05) is 44.7 Å². The molecule has 41 heavy (non-hydrogen) atoms. The quantitative estimate of drug-likeness (QED) is 0.148. The van der Waals surface area contributed by atoms with Crippen molar-refractivity contribution in [1.82, 2.24) is 29.6 Å². The number of ether oxygens (including phenoxy) is 1. The number of benzene rings is 2. The molecule has 0 unspecified atom stereocenters. The molecule has 0 aliphatic carbocycles. The number of hydrogen-bond acceptors (Lipinski definition) is 9. The maximum Gasteiger partial charge on any atom is 0.350 e. The van der Waals surface area contributed by atoms with Crippen LogP contribution in [0.2, 0.25) is 0 Å². The van der Waals surface area contributed by atoms with Crippen molar-refractivity contribution in [3.05, 3.63) is 93.9 Å². The first-order valence-corrected chi connectivity index (χ1v) is 12.3. The van der Waals surface area contributed by atoms with Gasteiger partial charge >= 0.3 is 5.69 Å². The fourth-order valence-corrected chi connectivity index (χ4v) is 3.53. The number of nitrogens with zero attached hydrogens (tertiary/aromatic N) is 5. The van der Waals surface area contributed by atoms with Crippen LogP contribution in [0.3, 0.4) is 0 Å². The highest BCUT2D eigenvalue weighted by Gasteiger charge is 2.22. The molecule has 0 fully saturated rings. The number of likely N-dealkylation sites (N-methyl/N-ethyl adjacent to an activating group) is 1. The van der Waals surface area contributed by atoms with E-state index >= 15 is 0 Å². The number of carbonyl (C=O) groups is 2. The molecule has 214 valence electrons. The molecule has 2 heterocycles. The number of aliphatic carboxylic acids is 1. The Balaban J connectivity index is 0.00000108. The van der Waals surface area contributed by atoms with E-state index in [1.807, 2.05) is 19.1 Å². The topological polar surface area (TPSA) is 205 Å². The lowest BCUT2D eigenvalue weighted by molar-refractivity contribution is -0.134. The predicted octanol–water partition coefficient (Wildman–Crippen LogP) is 1.70. The molecule has 0 spiro atoms. The van der Waals surface area contributed by atoms with E-state index in [4.69, 9.17) is 25.8 Å². The summed E-state index contributed by atoms with van der Waals surface area (Å²) >= 11 is 0. The summed E-state index contributed by atoms with van der Waals surface area (Å²) in [6, 6.07) is 13.6. The highest BCUT2D eigenvalue weighted by atomic mass is 16.5. The summed E-state index contributed by atoms with van der Waals surface area (Å²) in [5.74, 6) is -0.0999. The number of nitrogens with two attached hydrogens (primary N) is 1. The Labute approximate surface area is 235 Å². The van der Waals surface area contributed by atoms with Gasteiger partial charge in [0.05, 0.1) is 0 Å². The fraction of sp³-hybridized carbons (Fsp3) is 0.222. The van der Waals surface area contributed by atoms with Gasteiger partial charge in [-0.1, -0.05) is 6.07 Å². The van der Waals surface area contributed by atoms with Crippen LogP contribution in [0.15, 0.2) is 65.7 Å². The molecule has 0 saturated heterocycles. The first-order valence-electron chi connectivity index (χ1n) is 12.3. The number of nitrogen functional groups attached to an aromatic ring is 1. The number of anilines is 1. The molecule has 0 aliphatic heterocycles. The van der Waals surface area contributed by atoms with Crippen LogP contribution in [0.1, 0.15) is 35.5 Å². The zero-order chi connectivity index (χ0) is 30.1. The van der Waals surface area contributed by atoms with Crippen LogP contribution in [0.4, 0.5) is 5.69 Å². The Morgan fingerprint density at radius 1 is 1.17 bits per heavy atom. The highest BCUT2D eigenvalue weighted by molar-refractivity contribution is 5.95. The number of rotatable bonds is 9.